The highest BCUT2D eigenvalue weighted by atomic mass is 16.5. The Kier molecular flexibility index (Phi) is 12.7. The number of benzene rings is 1. The van der Waals surface area contributed by atoms with Crippen LogP contribution < -0.4 is 14.8 Å². The standard InChI is InChI=1S/C34H48N2O8/c1-3-4-5-6-7-8-9-10-11-12-29(39)36(20-23-13-16-43-22-23)27-19-26(34(41)35-14-15-37)30-25-17-24(21-38)18-28(42-2)32(25)44-33(30)31(27)40/h13,16-19,22,27,30-31,33,37-38,40H,3-12,14-15,20-21H2,1-2H3,(H,35,41). The Balaban J connectivity index is 1.58. The van der Waals surface area contributed by atoms with Gasteiger partial charge in [0.2, 0.25) is 11.8 Å². The van der Waals surface area contributed by atoms with Crippen molar-refractivity contribution >= 4 is 11.8 Å². The lowest BCUT2D eigenvalue weighted by Gasteiger charge is -2.40. The van der Waals surface area contributed by atoms with Crippen LogP contribution in [-0.4, -0.2) is 70.5 Å². The number of rotatable bonds is 18. The maximum absolute atomic E-state index is 13.8. The number of unbranched alkanes of at least 4 members (excludes halogenated alkanes) is 8. The number of aliphatic hydroxyl groups excluding tert-OH is 3. The van der Waals surface area contributed by atoms with Crippen LogP contribution in [0.4, 0.5) is 0 Å². The Morgan fingerprint density at radius 3 is 2.39 bits per heavy atom. The normalized spacial score (nSPS) is 20.3. The second-order valence-corrected chi connectivity index (χ2v) is 11.7. The lowest BCUT2D eigenvalue weighted by molar-refractivity contribution is -0.138. The molecule has 0 spiro atoms. The van der Waals surface area contributed by atoms with Gasteiger partial charge < -0.3 is 39.4 Å². The molecule has 4 atom stereocenters. The molecule has 10 nitrogen and oxygen atoms in total. The summed E-state index contributed by atoms with van der Waals surface area (Å²) in [6.07, 6.45) is 13.2. The third-order valence-electron chi connectivity index (χ3n) is 8.60. The molecule has 2 aliphatic rings. The van der Waals surface area contributed by atoms with Crippen molar-refractivity contribution in [2.45, 2.75) is 108 Å². The molecule has 1 aromatic carbocycles. The largest absolute Gasteiger partial charge is 0.493 e. The van der Waals surface area contributed by atoms with Crippen LogP contribution in [0.5, 0.6) is 11.5 Å². The van der Waals surface area contributed by atoms with Crippen molar-refractivity contribution in [3.8, 4) is 11.5 Å². The molecule has 2 heterocycles. The first-order valence-electron chi connectivity index (χ1n) is 16.0. The molecule has 0 fully saturated rings. The fraction of sp³-hybridized carbons (Fsp3) is 0.588. The fourth-order valence-electron chi connectivity index (χ4n) is 6.29. The van der Waals surface area contributed by atoms with Crippen LogP contribution in [0, 0.1) is 0 Å². The summed E-state index contributed by atoms with van der Waals surface area (Å²) < 4.78 is 17.1. The Bertz CT molecular complexity index is 1240. The van der Waals surface area contributed by atoms with Crippen molar-refractivity contribution in [3.63, 3.8) is 0 Å². The van der Waals surface area contributed by atoms with Crippen LogP contribution in [0.1, 0.15) is 93.7 Å². The van der Waals surface area contributed by atoms with Crippen molar-refractivity contribution in [1.82, 2.24) is 10.2 Å². The molecule has 0 saturated carbocycles. The number of carbonyl (C=O) groups excluding carboxylic acids is 2. The number of nitrogens with zero attached hydrogens (tertiary/aromatic N) is 1. The smallest absolute Gasteiger partial charge is 0.247 e. The Labute approximate surface area is 260 Å². The third-order valence-corrected chi connectivity index (χ3v) is 8.60. The molecule has 1 aliphatic carbocycles. The molecule has 44 heavy (non-hydrogen) atoms. The van der Waals surface area contributed by atoms with Gasteiger partial charge >= 0.3 is 0 Å². The van der Waals surface area contributed by atoms with E-state index in [4.69, 9.17) is 13.9 Å². The Morgan fingerprint density at radius 1 is 1.02 bits per heavy atom. The van der Waals surface area contributed by atoms with E-state index < -0.39 is 30.1 Å². The molecule has 1 aliphatic heterocycles. The van der Waals surface area contributed by atoms with E-state index in [0.717, 1.165) is 31.2 Å². The van der Waals surface area contributed by atoms with E-state index in [2.05, 4.69) is 12.2 Å². The average Bonchev–Trinajstić information content (AvgIpc) is 3.70. The highest BCUT2D eigenvalue weighted by Crippen LogP contribution is 2.51. The second kappa shape index (κ2) is 16.7. The summed E-state index contributed by atoms with van der Waals surface area (Å²) in [5.41, 5.74) is 2.28. The Hall–Kier alpha value is -3.34. The maximum atomic E-state index is 13.8. The number of carbonyl (C=O) groups is 2. The molecule has 242 valence electrons. The number of fused-ring (bicyclic) bond motifs is 3. The first-order chi connectivity index (χ1) is 21.4. The van der Waals surface area contributed by atoms with E-state index in [1.165, 1.54) is 45.5 Å². The zero-order valence-corrected chi connectivity index (χ0v) is 26.0. The van der Waals surface area contributed by atoms with Gasteiger partial charge in [-0.25, -0.2) is 0 Å². The summed E-state index contributed by atoms with van der Waals surface area (Å²) in [7, 11) is 1.49. The van der Waals surface area contributed by atoms with Crippen molar-refractivity contribution in [3.05, 3.63) is 59.1 Å². The predicted octanol–water partition coefficient (Wildman–Crippen LogP) is 4.35. The van der Waals surface area contributed by atoms with Crippen molar-refractivity contribution < 1.29 is 38.8 Å². The lowest BCUT2D eigenvalue weighted by atomic mass is 9.77. The monoisotopic (exact) mass is 612 g/mol. The van der Waals surface area contributed by atoms with E-state index in [9.17, 15) is 24.9 Å². The SMILES string of the molecule is CCCCCCCCCCCC(=O)N(Cc1ccoc1)C1C=C(C(=O)NCCO)C2c3cc(CO)cc(OC)c3OC2C1O. The minimum absolute atomic E-state index is 0.0464. The molecule has 2 amide bonds. The molecule has 0 radical (unpaired) electrons. The van der Waals surface area contributed by atoms with Gasteiger partial charge in [-0.3, -0.25) is 9.59 Å². The summed E-state index contributed by atoms with van der Waals surface area (Å²) in [5.74, 6) is -0.443. The molecule has 2 aromatic rings. The van der Waals surface area contributed by atoms with Gasteiger partial charge in [0.15, 0.2) is 11.5 Å². The molecule has 1 aromatic heterocycles. The summed E-state index contributed by atoms with van der Waals surface area (Å²) in [5, 5.41) is 33.8. The average molecular weight is 613 g/mol. The highest BCUT2D eigenvalue weighted by molar-refractivity contribution is 5.96. The maximum Gasteiger partial charge on any atom is 0.247 e. The van der Waals surface area contributed by atoms with Crippen molar-refractivity contribution in [2.24, 2.45) is 0 Å². The van der Waals surface area contributed by atoms with Crippen LogP contribution in [0.25, 0.3) is 0 Å². The number of aliphatic hydroxyl groups is 3. The molecular weight excluding hydrogens is 564 g/mol. The van der Waals surface area contributed by atoms with Crippen molar-refractivity contribution in [1.29, 1.82) is 0 Å². The topological polar surface area (TPSA) is 142 Å². The van der Waals surface area contributed by atoms with Gasteiger partial charge in [0.1, 0.15) is 12.2 Å². The lowest BCUT2D eigenvalue weighted by Crippen LogP contribution is -2.55. The van der Waals surface area contributed by atoms with Crippen LogP contribution in [0.2, 0.25) is 0 Å². The van der Waals surface area contributed by atoms with Gasteiger partial charge in [0.05, 0.1) is 44.8 Å². The first-order valence-corrected chi connectivity index (χ1v) is 16.0. The molecule has 4 N–H and O–H groups in total. The van der Waals surface area contributed by atoms with E-state index >= 15 is 0 Å². The predicted molar refractivity (Wildman–Crippen MR) is 165 cm³/mol. The number of furan rings is 1. The molecule has 10 heteroatoms. The fourth-order valence-corrected chi connectivity index (χ4v) is 6.29. The van der Waals surface area contributed by atoms with Crippen LogP contribution in [-0.2, 0) is 22.7 Å². The molecule has 4 unspecified atom stereocenters. The van der Waals surface area contributed by atoms with Gasteiger partial charge in [-0.05, 0) is 36.3 Å². The second-order valence-electron chi connectivity index (χ2n) is 11.7. The molecule has 4 rings (SSSR count). The van der Waals surface area contributed by atoms with Gasteiger partial charge in [0.25, 0.3) is 0 Å². The molecule has 0 bridgehead atoms. The highest BCUT2D eigenvalue weighted by Gasteiger charge is 2.51. The third kappa shape index (κ3) is 8.02. The van der Waals surface area contributed by atoms with E-state index in [1.54, 1.807) is 35.4 Å². The quantitative estimate of drug-likeness (QED) is 0.182. The van der Waals surface area contributed by atoms with Crippen LogP contribution >= 0.6 is 0 Å². The number of methoxy groups -OCH3 is 1. The zero-order chi connectivity index (χ0) is 31.5. The van der Waals surface area contributed by atoms with Crippen LogP contribution in [0.15, 0.2) is 46.8 Å². The number of nitrogens with one attached hydrogen (secondary N) is 1. The van der Waals surface area contributed by atoms with Crippen LogP contribution in [0.3, 0.4) is 0 Å². The summed E-state index contributed by atoms with van der Waals surface area (Å²) >= 11 is 0. The minimum atomic E-state index is -1.16. The summed E-state index contributed by atoms with van der Waals surface area (Å²) in [4.78, 5) is 28.9. The zero-order valence-electron chi connectivity index (χ0n) is 26.0. The van der Waals surface area contributed by atoms with E-state index in [0.29, 0.717) is 34.6 Å². The summed E-state index contributed by atoms with van der Waals surface area (Å²) in [6, 6.07) is 4.33. The van der Waals surface area contributed by atoms with E-state index in [1.807, 2.05) is 0 Å². The van der Waals surface area contributed by atoms with Gasteiger partial charge in [-0.1, -0.05) is 58.3 Å². The van der Waals surface area contributed by atoms with E-state index in [-0.39, 0.29) is 32.2 Å². The van der Waals surface area contributed by atoms with Gasteiger partial charge in [-0.15, -0.1) is 0 Å². The van der Waals surface area contributed by atoms with Gasteiger partial charge in [0, 0.05) is 36.2 Å². The molecule has 0 saturated heterocycles. The number of hydrogen-bond acceptors (Lipinski definition) is 8. The number of ether oxygens (including phenoxy) is 2. The minimum Gasteiger partial charge on any atom is -0.493 e. The number of hydrogen-bond donors (Lipinski definition) is 4. The Morgan fingerprint density at radius 2 is 1.75 bits per heavy atom. The first kappa shape index (κ1) is 33.6. The molecular formula is C34H48N2O8. The van der Waals surface area contributed by atoms with Crippen molar-refractivity contribution in [2.75, 3.05) is 20.3 Å². The summed E-state index contributed by atoms with van der Waals surface area (Å²) in [6.45, 7) is 1.97. The number of amides is 2. The van der Waals surface area contributed by atoms with Gasteiger partial charge in [-0.2, -0.15) is 0 Å².